The molecule has 7 heavy (non-hydrogen) atoms. The Morgan fingerprint density at radius 2 is 2.00 bits per heavy atom. The van der Waals surface area contributed by atoms with Crippen molar-refractivity contribution in [2.75, 3.05) is 0 Å². The van der Waals surface area contributed by atoms with Crippen molar-refractivity contribution < 1.29 is 4.12 Å². The molecule has 0 saturated carbocycles. The third-order valence-corrected chi connectivity index (χ3v) is 6.15. The lowest BCUT2D eigenvalue weighted by Crippen LogP contribution is -2.22. The molecule has 0 amide bonds. The molecule has 0 spiro atoms. The van der Waals surface area contributed by atoms with Crippen molar-refractivity contribution in [2.45, 2.75) is 19.6 Å². The molecular formula is C3H13OPSi2. The SMILES string of the molecule is C[SiH2]O[Si](C)(C)P. The van der Waals surface area contributed by atoms with E-state index in [-0.39, 0.29) is 9.76 Å². The van der Waals surface area contributed by atoms with Crippen LogP contribution in [0, 0.1) is 0 Å². The van der Waals surface area contributed by atoms with Crippen LogP contribution < -0.4 is 0 Å². The first-order valence-electron chi connectivity index (χ1n) is 2.49. The topological polar surface area (TPSA) is 9.23 Å². The molecule has 0 fully saturated rings. The van der Waals surface area contributed by atoms with E-state index >= 15 is 0 Å². The Balaban J connectivity index is 3.15. The molecule has 0 aliphatic heterocycles. The zero-order chi connectivity index (χ0) is 5.91. The van der Waals surface area contributed by atoms with Crippen LogP contribution in [0.4, 0.5) is 0 Å². The summed E-state index contributed by atoms with van der Waals surface area (Å²) in [6.07, 6.45) is 0. The van der Waals surface area contributed by atoms with Gasteiger partial charge in [0, 0.05) is 0 Å². The normalized spacial score (nSPS) is 13.7. The van der Waals surface area contributed by atoms with E-state index < -0.39 is 7.98 Å². The van der Waals surface area contributed by atoms with Crippen molar-refractivity contribution in [3.05, 3.63) is 0 Å². The van der Waals surface area contributed by atoms with Crippen molar-refractivity contribution in [3.8, 4) is 0 Å². The average Bonchev–Trinajstić information content (AvgIpc) is 1.30. The molecule has 0 aromatic rings. The molecule has 0 aliphatic rings. The van der Waals surface area contributed by atoms with Crippen molar-refractivity contribution in [1.82, 2.24) is 0 Å². The Morgan fingerprint density at radius 1 is 1.57 bits per heavy atom. The highest BCUT2D eigenvalue weighted by atomic mass is 31.3. The van der Waals surface area contributed by atoms with Crippen molar-refractivity contribution in [2.24, 2.45) is 0 Å². The van der Waals surface area contributed by atoms with Crippen molar-refractivity contribution in [3.63, 3.8) is 0 Å². The van der Waals surface area contributed by atoms with Crippen LogP contribution in [0.25, 0.3) is 0 Å². The van der Waals surface area contributed by atoms with Crippen LogP contribution in [0.1, 0.15) is 0 Å². The summed E-state index contributed by atoms with van der Waals surface area (Å²) in [5.41, 5.74) is 0. The maximum absolute atomic E-state index is 5.47. The molecule has 0 saturated heterocycles. The second-order valence-electron chi connectivity index (χ2n) is 2.04. The van der Waals surface area contributed by atoms with Gasteiger partial charge in [0.25, 0.3) is 0 Å². The quantitative estimate of drug-likeness (QED) is 0.418. The van der Waals surface area contributed by atoms with E-state index in [1.54, 1.807) is 0 Å². The highest BCUT2D eigenvalue weighted by molar-refractivity contribution is 7.67. The van der Waals surface area contributed by atoms with Crippen molar-refractivity contribution >= 4 is 26.5 Å². The first-order chi connectivity index (χ1) is 3.06. The van der Waals surface area contributed by atoms with Gasteiger partial charge in [-0.3, -0.25) is 0 Å². The predicted octanol–water partition coefficient (Wildman–Crippen LogP) is 0.712. The fraction of sp³-hybridized carbons (Fsp3) is 1.00. The Labute approximate surface area is 51.0 Å². The molecule has 1 atom stereocenters. The molecule has 0 radical (unpaired) electrons. The van der Waals surface area contributed by atoms with Gasteiger partial charge in [-0.25, -0.2) is 0 Å². The number of rotatable bonds is 2. The Morgan fingerprint density at radius 3 is 2.00 bits per heavy atom. The van der Waals surface area contributed by atoms with Gasteiger partial charge in [-0.2, -0.15) is 0 Å². The van der Waals surface area contributed by atoms with Crippen LogP contribution in [0.5, 0.6) is 0 Å². The van der Waals surface area contributed by atoms with E-state index in [1.807, 2.05) is 0 Å². The van der Waals surface area contributed by atoms with Crippen LogP contribution in [-0.4, -0.2) is 17.7 Å². The van der Waals surface area contributed by atoms with E-state index in [1.165, 1.54) is 0 Å². The molecule has 0 bridgehead atoms. The van der Waals surface area contributed by atoms with Gasteiger partial charge in [-0.15, -0.1) is 8.79 Å². The van der Waals surface area contributed by atoms with E-state index in [4.69, 9.17) is 4.12 Å². The summed E-state index contributed by atoms with van der Waals surface area (Å²) in [6, 6.07) is 0. The fourth-order valence-corrected chi connectivity index (χ4v) is 4.85. The van der Waals surface area contributed by atoms with Gasteiger partial charge in [0.1, 0.15) is 9.76 Å². The molecule has 1 nitrogen and oxygen atoms in total. The second kappa shape index (κ2) is 2.97. The lowest BCUT2D eigenvalue weighted by Gasteiger charge is -2.14. The zero-order valence-corrected chi connectivity index (χ0v) is 8.76. The zero-order valence-electron chi connectivity index (χ0n) is 5.19. The Bertz CT molecular complexity index is 51.4. The summed E-state index contributed by atoms with van der Waals surface area (Å²) in [7, 11) is 1.46. The average molecular weight is 152 g/mol. The van der Waals surface area contributed by atoms with Gasteiger partial charge in [0.15, 0.2) is 7.98 Å². The minimum atomic E-state index is -1.18. The molecule has 0 N–H and O–H groups in total. The third-order valence-electron chi connectivity index (χ3n) is 0.516. The summed E-state index contributed by atoms with van der Waals surface area (Å²) in [5, 5.41) is 0. The maximum Gasteiger partial charge on any atom is 0.193 e. The summed E-state index contributed by atoms with van der Waals surface area (Å²) < 4.78 is 5.47. The van der Waals surface area contributed by atoms with Gasteiger partial charge in [-0.1, -0.05) is 6.55 Å². The van der Waals surface area contributed by atoms with E-state index in [0.29, 0.717) is 0 Å². The molecule has 1 unspecified atom stereocenters. The van der Waals surface area contributed by atoms with Crippen LogP contribution >= 0.6 is 8.79 Å². The fourth-order valence-electron chi connectivity index (χ4n) is 0.372. The molecular weight excluding hydrogens is 139 g/mol. The van der Waals surface area contributed by atoms with Gasteiger partial charge in [0.2, 0.25) is 0 Å². The Hall–Kier alpha value is 0.824. The van der Waals surface area contributed by atoms with E-state index in [9.17, 15) is 0 Å². The van der Waals surface area contributed by atoms with E-state index in [0.717, 1.165) is 0 Å². The molecule has 0 heterocycles. The predicted molar refractivity (Wildman–Crippen MR) is 42.7 cm³/mol. The Kier molecular flexibility index (Phi) is 3.32. The minimum absolute atomic E-state index is 0.149. The number of hydrogen-bond donors (Lipinski definition) is 0. The third kappa shape index (κ3) is 6.82. The van der Waals surface area contributed by atoms with Gasteiger partial charge in [-0.05, 0) is 13.1 Å². The molecule has 4 heteroatoms. The first-order valence-corrected chi connectivity index (χ1v) is 9.20. The monoisotopic (exact) mass is 152 g/mol. The largest absolute Gasteiger partial charge is 0.458 e. The summed E-state index contributed by atoms with van der Waals surface area (Å²) in [4.78, 5) is 0. The highest BCUT2D eigenvalue weighted by Crippen LogP contribution is 2.10. The summed E-state index contributed by atoms with van der Waals surface area (Å²) in [6.45, 7) is 6.54. The van der Waals surface area contributed by atoms with Crippen LogP contribution in [0.2, 0.25) is 19.6 Å². The number of hydrogen-bond acceptors (Lipinski definition) is 1. The molecule has 0 aromatic carbocycles. The van der Waals surface area contributed by atoms with Gasteiger partial charge >= 0.3 is 0 Å². The molecule has 0 aromatic heterocycles. The molecule has 0 rings (SSSR count). The second-order valence-corrected chi connectivity index (χ2v) is 11.1. The molecule has 0 aliphatic carbocycles. The maximum atomic E-state index is 5.47. The smallest absolute Gasteiger partial charge is 0.193 e. The van der Waals surface area contributed by atoms with E-state index in [2.05, 4.69) is 28.4 Å². The lowest BCUT2D eigenvalue weighted by molar-refractivity contribution is 0.621. The van der Waals surface area contributed by atoms with Crippen LogP contribution in [0.15, 0.2) is 0 Å². The minimum Gasteiger partial charge on any atom is -0.458 e. The van der Waals surface area contributed by atoms with Gasteiger partial charge < -0.3 is 4.12 Å². The first kappa shape index (κ1) is 7.82. The van der Waals surface area contributed by atoms with Crippen LogP contribution in [-0.2, 0) is 4.12 Å². The summed E-state index contributed by atoms with van der Waals surface area (Å²) >= 11 is 0. The van der Waals surface area contributed by atoms with Gasteiger partial charge in [0.05, 0.1) is 0 Å². The van der Waals surface area contributed by atoms with Crippen LogP contribution in [0.3, 0.4) is 0 Å². The standard InChI is InChI=1S/C3H13OPSi2/c1-6-4-7(2,3)5/h5-6H2,1-3H3. The molecule has 44 valence electrons. The summed E-state index contributed by atoms with van der Waals surface area (Å²) in [5.74, 6) is 0. The van der Waals surface area contributed by atoms with Crippen molar-refractivity contribution in [1.29, 1.82) is 0 Å². The lowest BCUT2D eigenvalue weighted by atomic mass is 11.9. The highest BCUT2D eigenvalue weighted by Gasteiger charge is 2.11.